The smallest absolute Gasteiger partial charge is 0.322 e. The van der Waals surface area contributed by atoms with Crippen molar-refractivity contribution < 1.29 is 24.3 Å². The minimum atomic E-state index is -1.17. The molecule has 1 aromatic rings. The SMILES string of the molecule is CC(C)CC(NC(=O)C1CCCN1C(=O)C(N)Cc1cnc[nH]1)C(=O)NCC(=O)O. The Hall–Kier alpha value is -2.95. The van der Waals surface area contributed by atoms with Crippen molar-refractivity contribution in [2.75, 3.05) is 13.1 Å². The Bertz CT molecular complexity index is 751. The van der Waals surface area contributed by atoms with E-state index in [-0.39, 0.29) is 18.2 Å². The molecule has 2 heterocycles. The van der Waals surface area contributed by atoms with Crippen molar-refractivity contribution in [3.05, 3.63) is 18.2 Å². The fraction of sp³-hybridized carbons (Fsp3) is 0.632. The highest BCUT2D eigenvalue weighted by atomic mass is 16.4. The van der Waals surface area contributed by atoms with Crippen molar-refractivity contribution in [3.63, 3.8) is 0 Å². The quantitative estimate of drug-likeness (QED) is 0.322. The molecule has 0 saturated carbocycles. The number of aromatic amines is 1. The number of H-pyrrole nitrogens is 1. The van der Waals surface area contributed by atoms with Crippen LogP contribution < -0.4 is 16.4 Å². The largest absolute Gasteiger partial charge is 0.480 e. The summed E-state index contributed by atoms with van der Waals surface area (Å²) in [6.45, 7) is 3.67. The van der Waals surface area contributed by atoms with E-state index in [0.29, 0.717) is 25.8 Å². The van der Waals surface area contributed by atoms with Crippen LogP contribution in [0.3, 0.4) is 0 Å². The van der Waals surface area contributed by atoms with E-state index in [4.69, 9.17) is 10.8 Å². The highest BCUT2D eigenvalue weighted by Crippen LogP contribution is 2.19. The van der Waals surface area contributed by atoms with E-state index >= 15 is 0 Å². The molecule has 0 spiro atoms. The molecule has 6 N–H and O–H groups in total. The summed E-state index contributed by atoms with van der Waals surface area (Å²) < 4.78 is 0. The molecule has 1 aromatic heterocycles. The number of hydrogen-bond donors (Lipinski definition) is 5. The molecule has 3 amide bonds. The van der Waals surface area contributed by atoms with Gasteiger partial charge in [-0.15, -0.1) is 0 Å². The number of amides is 3. The number of carboxylic acids is 1. The maximum atomic E-state index is 12.9. The molecule has 1 fully saturated rings. The van der Waals surface area contributed by atoms with Gasteiger partial charge in [0.2, 0.25) is 17.7 Å². The van der Waals surface area contributed by atoms with Crippen LogP contribution >= 0.6 is 0 Å². The van der Waals surface area contributed by atoms with Gasteiger partial charge in [-0.2, -0.15) is 0 Å². The van der Waals surface area contributed by atoms with E-state index in [9.17, 15) is 19.2 Å². The topological polar surface area (TPSA) is 171 Å². The van der Waals surface area contributed by atoms with E-state index in [0.717, 1.165) is 5.69 Å². The molecule has 166 valence electrons. The zero-order chi connectivity index (χ0) is 22.3. The number of nitrogens with zero attached hydrogens (tertiary/aromatic N) is 2. The van der Waals surface area contributed by atoms with Gasteiger partial charge in [0.1, 0.15) is 18.6 Å². The minimum absolute atomic E-state index is 0.0926. The van der Waals surface area contributed by atoms with Crippen molar-refractivity contribution in [1.82, 2.24) is 25.5 Å². The van der Waals surface area contributed by atoms with Crippen LogP contribution in [0, 0.1) is 5.92 Å². The van der Waals surface area contributed by atoms with Gasteiger partial charge in [0.05, 0.1) is 12.4 Å². The molecular formula is C19H30N6O5. The molecule has 1 aliphatic rings. The Balaban J connectivity index is 2.01. The second-order valence-electron chi connectivity index (χ2n) is 7.88. The lowest BCUT2D eigenvalue weighted by Crippen LogP contribution is -2.56. The molecule has 0 bridgehead atoms. The van der Waals surface area contributed by atoms with Gasteiger partial charge in [0.15, 0.2) is 0 Å². The van der Waals surface area contributed by atoms with Gasteiger partial charge in [-0.3, -0.25) is 19.2 Å². The normalized spacial score (nSPS) is 18.1. The van der Waals surface area contributed by atoms with Gasteiger partial charge in [-0.05, 0) is 25.2 Å². The van der Waals surface area contributed by atoms with E-state index in [1.54, 1.807) is 6.20 Å². The molecule has 0 aliphatic carbocycles. The van der Waals surface area contributed by atoms with Gasteiger partial charge in [0.25, 0.3) is 0 Å². The standard InChI is InChI=1S/C19H30N6O5/c1-11(2)6-14(17(28)22-9-16(26)27)24-18(29)15-4-3-5-25(15)19(30)13(20)7-12-8-21-10-23-12/h8,10-11,13-15H,3-7,9,20H2,1-2H3,(H,21,23)(H,22,28)(H,24,29)(H,26,27). The first kappa shape index (κ1) is 23.3. The number of carbonyl (C=O) groups is 4. The van der Waals surface area contributed by atoms with Crippen LogP contribution in [0.4, 0.5) is 0 Å². The predicted octanol–water partition coefficient (Wildman–Crippen LogP) is -0.998. The molecular weight excluding hydrogens is 392 g/mol. The summed E-state index contributed by atoms with van der Waals surface area (Å²) >= 11 is 0. The number of aliphatic carboxylic acids is 1. The van der Waals surface area contributed by atoms with Gasteiger partial charge < -0.3 is 31.4 Å². The third-order valence-corrected chi connectivity index (χ3v) is 4.90. The summed E-state index contributed by atoms with van der Waals surface area (Å²) in [6.07, 6.45) is 4.84. The molecule has 2 rings (SSSR count). The first-order valence-corrected chi connectivity index (χ1v) is 10.0. The molecule has 3 atom stereocenters. The van der Waals surface area contributed by atoms with Gasteiger partial charge >= 0.3 is 5.97 Å². The summed E-state index contributed by atoms with van der Waals surface area (Å²) in [5.74, 6) is -2.42. The van der Waals surface area contributed by atoms with Crippen LogP contribution in [0.1, 0.15) is 38.8 Å². The van der Waals surface area contributed by atoms with Gasteiger partial charge in [-0.1, -0.05) is 13.8 Å². The average Bonchev–Trinajstić information content (AvgIpc) is 3.36. The zero-order valence-electron chi connectivity index (χ0n) is 17.3. The van der Waals surface area contributed by atoms with Crippen LogP contribution in [0.15, 0.2) is 12.5 Å². The first-order chi connectivity index (χ1) is 14.2. The Labute approximate surface area is 174 Å². The summed E-state index contributed by atoms with van der Waals surface area (Å²) in [7, 11) is 0. The predicted molar refractivity (Wildman–Crippen MR) is 107 cm³/mol. The Morgan fingerprint density at radius 1 is 1.37 bits per heavy atom. The number of likely N-dealkylation sites (tertiary alicyclic amines) is 1. The van der Waals surface area contributed by atoms with Crippen molar-refractivity contribution in [2.24, 2.45) is 11.7 Å². The highest BCUT2D eigenvalue weighted by molar-refractivity contribution is 5.94. The number of aromatic nitrogens is 2. The van der Waals surface area contributed by atoms with Crippen molar-refractivity contribution in [2.45, 2.75) is 57.7 Å². The molecule has 0 radical (unpaired) electrons. The summed E-state index contributed by atoms with van der Waals surface area (Å²) in [6, 6.07) is -2.41. The van der Waals surface area contributed by atoms with Crippen LogP contribution in [-0.2, 0) is 25.6 Å². The van der Waals surface area contributed by atoms with Crippen LogP contribution in [-0.4, -0.2) is 74.9 Å². The molecule has 1 aliphatic heterocycles. The third-order valence-electron chi connectivity index (χ3n) is 4.90. The monoisotopic (exact) mass is 422 g/mol. The minimum Gasteiger partial charge on any atom is -0.480 e. The number of hydrogen-bond acceptors (Lipinski definition) is 6. The second-order valence-corrected chi connectivity index (χ2v) is 7.88. The number of carboxylic acid groups (broad SMARTS) is 1. The van der Waals surface area contributed by atoms with Crippen molar-refractivity contribution in [3.8, 4) is 0 Å². The molecule has 3 unspecified atom stereocenters. The van der Waals surface area contributed by atoms with Crippen LogP contribution in [0.25, 0.3) is 0 Å². The van der Waals surface area contributed by atoms with Crippen molar-refractivity contribution in [1.29, 1.82) is 0 Å². The fourth-order valence-electron chi connectivity index (χ4n) is 3.49. The number of nitrogens with two attached hydrogens (primary N) is 1. The lowest BCUT2D eigenvalue weighted by Gasteiger charge is -2.28. The Morgan fingerprint density at radius 2 is 2.10 bits per heavy atom. The number of imidazole rings is 1. The Kier molecular flexibility index (Phi) is 8.34. The second kappa shape index (κ2) is 10.7. The van der Waals surface area contributed by atoms with Crippen LogP contribution in [0.5, 0.6) is 0 Å². The highest BCUT2D eigenvalue weighted by Gasteiger charge is 2.37. The third kappa shape index (κ3) is 6.55. The van der Waals surface area contributed by atoms with Gasteiger partial charge in [-0.25, -0.2) is 4.98 Å². The lowest BCUT2D eigenvalue weighted by atomic mass is 10.0. The maximum absolute atomic E-state index is 12.9. The fourth-order valence-corrected chi connectivity index (χ4v) is 3.49. The zero-order valence-corrected chi connectivity index (χ0v) is 17.3. The lowest BCUT2D eigenvalue weighted by molar-refractivity contribution is -0.141. The average molecular weight is 422 g/mol. The molecule has 11 nitrogen and oxygen atoms in total. The van der Waals surface area contributed by atoms with Gasteiger partial charge in [0, 0.05) is 24.9 Å². The molecule has 30 heavy (non-hydrogen) atoms. The summed E-state index contributed by atoms with van der Waals surface area (Å²) in [5.41, 5.74) is 6.77. The Morgan fingerprint density at radius 3 is 2.70 bits per heavy atom. The number of carbonyl (C=O) groups excluding carboxylic acids is 3. The first-order valence-electron chi connectivity index (χ1n) is 10.0. The van der Waals surface area contributed by atoms with E-state index < -0.39 is 42.5 Å². The number of rotatable bonds is 10. The van der Waals surface area contributed by atoms with Crippen LogP contribution in [0.2, 0.25) is 0 Å². The maximum Gasteiger partial charge on any atom is 0.322 e. The number of nitrogens with one attached hydrogen (secondary N) is 3. The van der Waals surface area contributed by atoms with Crippen molar-refractivity contribution >= 4 is 23.7 Å². The molecule has 1 saturated heterocycles. The van der Waals surface area contributed by atoms with E-state index in [1.165, 1.54) is 11.2 Å². The summed E-state index contributed by atoms with van der Waals surface area (Å²) in [4.78, 5) is 57.0. The summed E-state index contributed by atoms with van der Waals surface area (Å²) in [5, 5.41) is 13.7. The molecule has 11 heteroatoms. The van der Waals surface area contributed by atoms with E-state index in [1.807, 2.05) is 13.8 Å². The molecule has 0 aromatic carbocycles. The van der Waals surface area contributed by atoms with E-state index in [2.05, 4.69) is 20.6 Å².